The first-order valence-electron chi connectivity index (χ1n) is 5.66. The molecule has 0 fully saturated rings. The average molecular weight is 333 g/mol. The normalized spacial score (nSPS) is 10.7. The highest BCUT2D eigenvalue weighted by Crippen LogP contribution is 2.38. The molecule has 0 radical (unpaired) electrons. The van der Waals surface area contributed by atoms with E-state index in [1.807, 2.05) is 31.3 Å². The van der Waals surface area contributed by atoms with Crippen LogP contribution in [0.3, 0.4) is 0 Å². The summed E-state index contributed by atoms with van der Waals surface area (Å²) < 4.78 is 0. The van der Waals surface area contributed by atoms with Crippen LogP contribution < -0.4 is 5.32 Å². The Bertz CT molecular complexity index is 587. The van der Waals surface area contributed by atoms with Gasteiger partial charge in [-0.15, -0.1) is 0 Å². The number of rotatable bonds is 4. The van der Waals surface area contributed by atoms with Gasteiger partial charge in [0, 0.05) is 16.3 Å². The molecular formula is C14H12Cl3NS. The second-order valence-electron chi connectivity index (χ2n) is 3.94. The zero-order valence-electron chi connectivity index (χ0n) is 10.2. The third-order valence-electron chi connectivity index (χ3n) is 2.53. The van der Waals surface area contributed by atoms with Gasteiger partial charge in [-0.05, 0) is 36.9 Å². The third kappa shape index (κ3) is 3.80. The van der Waals surface area contributed by atoms with E-state index in [0.29, 0.717) is 10.0 Å². The Morgan fingerprint density at radius 1 is 1.00 bits per heavy atom. The molecule has 0 atom stereocenters. The van der Waals surface area contributed by atoms with Crippen molar-refractivity contribution >= 4 is 46.6 Å². The van der Waals surface area contributed by atoms with E-state index in [0.717, 1.165) is 26.9 Å². The maximum absolute atomic E-state index is 6.28. The lowest BCUT2D eigenvalue weighted by molar-refractivity contribution is 0.803. The van der Waals surface area contributed by atoms with E-state index in [2.05, 4.69) is 11.4 Å². The summed E-state index contributed by atoms with van der Waals surface area (Å²) in [6.07, 6.45) is 0. The smallest absolute Gasteiger partial charge is 0.0603 e. The summed E-state index contributed by atoms with van der Waals surface area (Å²) in [6.45, 7) is 0.768. The van der Waals surface area contributed by atoms with Crippen molar-refractivity contribution in [3.8, 4) is 0 Å². The van der Waals surface area contributed by atoms with E-state index in [4.69, 9.17) is 34.8 Å². The van der Waals surface area contributed by atoms with Crippen molar-refractivity contribution in [1.29, 1.82) is 0 Å². The van der Waals surface area contributed by atoms with Crippen LogP contribution in [-0.2, 0) is 6.54 Å². The van der Waals surface area contributed by atoms with Gasteiger partial charge < -0.3 is 5.32 Å². The van der Waals surface area contributed by atoms with Crippen LogP contribution in [0.25, 0.3) is 0 Å². The molecule has 0 aliphatic rings. The van der Waals surface area contributed by atoms with Crippen molar-refractivity contribution in [3.63, 3.8) is 0 Å². The minimum atomic E-state index is 0.550. The molecule has 0 aromatic heterocycles. The molecule has 0 aliphatic carbocycles. The third-order valence-corrected chi connectivity index (χ3v) is 4.87. The highest BCUT2D eigenvalue weighted by Gasteiger charge is 2.09. The molecule has 5 heteroatoms. The van der Waals surface area contributed by atoms with Crippen molar-refractivity contribution in [2.24, 2.45) is 0 Å². The molecule has 0 amide bonds. The van der Waals surface area contributed by atoms with Crippen LogP contribution >= 0.6 is 46.6 Å². The summed E-state index contributed by atoms with van der Waals surface area (Å²) >= 11 is 19.8. The zero-order valence-corrected chi connectivity index (χ0v) is 13.3. The molecule has 0 bridgehead atoms. The van der Waals surface area contributed by atoms with Crippen LogP contribution in [0, 0.1) is 0 Å². The van der Waals surface area contributed by atoms with Crippen LogP contribution in [0.4, 0.5) is 0 Å². The van der Waals surface area contributed by atoms with Crippen LogP contribution in [0.2, 0.25) is 15.1 Å². The van der Waals surface area contributed by atoms with E-state index in [-0.39, 0.29) is 0 Å². The number of hydrogen-bond donors (Lipinski definition) is 1. The average Bonchev–Trinajstić information content (AvgIpc) is 2.38. The molecule has 2 rings (SSSR count). The minimum absolute atomic E-state index is 0.550. The first kappa shape index (κ1) is 15.0. The van der Waals surface area contributed by atoms with E-state index in [1.54, 1.807) is 17.8 Å². The summed E-state index contributed by atoms with van der Waals surface area (Å²) in [4.78, 5) is 2.05. The van der Waals surface area contributed by atoms with Gasteiger partial charge in [0.2, 0.25) is 0 Å². The number of hydrogen-bond acceptors (Lipinski definition) is 2. The number of halogens is 3. The van der Waals surface area contributed by atoms with Crippen molar-refractivity contribution in [1.82, 2.24) is 5.32 Å². The topological polar surface area (TPSA) is 12.0 Å². The maximum atomic E-state index is 6.28. The van der Waals surface area contributed by atoms with Crippen LogP contribution in [-0.4, -0.2) is 7.05 Å². The van der Waals surface area contributed by atoms with Crippen molar-refractivity contribution in [2.75, 3.05) is 7.05 Å². The summed E-state index contributed by atoms with van der Waals surface area (Å²) in [5.41, 5.74) is 1.16. The van der Waals surface area contributed by atoms with Crippen LogP contribution in [0.15, 0.2) is 46.2 Å². The van der Waals surface area contributed by atoms with Gasteiger partial charge in [-0.1, -0.05) is 58.7 Å². The SMILES string of the molecule is CNCc1cccc(Cl)c1Sc1ccc(Cl)c(Cl)c1. The first-order chi connectivity index (χ1) is 9.11. The van der Waals surface area contributed by atoms with E-state index in [1.165, 1.54) is 0 Å². The first-order valence-corrected chi connectivity index (χ1v) is 7.61. The molecule has 0 unspecified atom stereocenters. The Balaban J connectivity index is 2.34. The predicted octanol–water partition coefficient (Wildman–Crippen LogP) is 5.52. The molecule has 2 aromatic carbocycles. The van der Waals surface area contributed by atoms with E-state index >= 15 is 0 Å². The molecule has 1 nitrogen and oxygen atoms in total. The molecule has 0 heterocycles. The molecule has 0 saturated heterocycles. The van der Waals surface area contributed by atoms with Gasteiger partial charge in [0.05, 0.1) is 15.1 Å². The summed E-state index contributed by atoms with van der Waals surface area (Å²) in [5, 5.41) is 4.98. The maximum Gasteiger partial charge on any atom is 0.0603 e. The summed E-state index contributed by atoms with van der Waals surface area (Å²) in [5.74, 6) is 0. The van der Waals surface area contributed by atoms with Gasteiger partial charge in [-0.25, -0.2) is 0 Å². The lowest BCUT2D eigenvalue weighted by Gasteiger charge is -2.11. The summed E-state index contributed by atoms with van der Waals surface area (Å²) in [7, 11) is 1.91. The van der Waals surface area contributed by atoms with E-state index in [9.17, 15) is 0 Å². The molecule has 1 N–H and O–H groups in total. The van der Waals surface area contributed by atoms with Gasteiger partial charge in [0.1, 0.15) is 0 Å². The lowest BCUT2D eigenvalue weighted by Crippen LogP contribution is -2.06. The van der Waals surface area contributed by atoms with Crippen LogP contribution in [0.1, 0.15) is 5.56 Å². The fourth-order valence-electron chi connectivity index (χ4n) is 1.66. The Labute approximate surface area is 132 Å². The Morgan fingerprint density at radius 3 is 2.47 bits per heavy atom. The molecule has 0 saturated carbocycles. The minimum Gasteiger partial charge on any atom is -0.316 e. The molecule has 19 heavy (non-hydrogen) atoms. The summed E-state index contributed by atoms with van der Waals surface area (Å²) in [6, 6.07) is 11.5. The molecule has 100 valence electrons. The zero-order chi connectivity index (χ0) is 13.8. The molecule has 0 aliphatic heterocycles. The fraction of sp³-hybridized carbons (Fsp3) is 0.143. The van der Waals surface area contributed by atoms with Gasteiger partial charge in [0.15, 0.2) is 0 Å². The largest absolute Gasteiger partial charge is 0.316 e. The Hall–Kier alpha value is -0.380. The van der Waals surface area contributed by atoms with Gasteiger partial charge in [0.25, 0.3) is 0 Å². The predicted molar refractivity (Wildman–Crippen MR) is 84.8 cm³/mol. The molecule has 0 spiro atoms. The van der Waals surface area contributed by atoms with Gasteiger partial charge >= 0.3 is 0 Å². The Kier molecular flexibility index (Phi) is 5.43. The van der Waals surface area contributed by atoms with Gasteiger partial charge in [-0.2, -0.15) is 0 Å². The van der Waals surface area contributed by atoms with Crippen molar-refractivity contribution in [2.45, 2.75) is 16.3 Å². The quantitative estimate of drug-likeness (QED) is 0.791. The number of benzene rings is 2. The highest BCUT2D eigenvalue weighted by molar-refractivity contribution is 7.99. The van der Waals surface area contributed by atoms with E-state index < -0.39 is 0 Å². The standard InChI is InChI=1S/C14H12Cl3NS/c1-18-8-9-3-2-4-12(16)14(9)19-10-5-6-11(15)13(17)7-10/h2-7,18H,8H2,1H3. The molecule has 2 aromatic rings. The van der Waals surface area contributed by atoms with Crippen molar-refractivity contribution in [3.05, 3.63) is 57.0 Å². The van der Waals surface area contributed by atoms with Crippen molar-refractivity contribution < 1.29 is 0 Å². The van der Waals surface area contributed by atoms with Gasteiger partial charge in [-0.3, -0.25) is 0 Å². The lowest BCUT2D eigenvalue weighted by atomic mass is 10.2. The second-order valence-corrected chi connectivity index (χ2v) is 6.24. The molecular weight excluding hydrogens is 321 g/mol. The fourth-order valence-corrected chi connectivity index (χ4v) is 3.31. The Morgan fingerprint density at radius 2 is 1.79 bits per heavy atom. The van der Waals surface area contributed by atoms with Crippen LogP contribution in [0.5, 0.6) is 0 Å². The second kappa shape index (κ2) is 6.87. The highest BCUT2D eigenvalue weighted by atomic mass is 35.5. The number of nitrogens with one attached hydrogen (secondary N) is 1. The monoisotopic (exact) mass is 331 g/mol.